The zero-order chi connectivity index (χ0) is 10.7. The average Bonchev–Trinajstić information content (AvgIpc) is 2.48. The third kappa shape index (κ3) is 2.43. The molecule has 86 valence electrons. The molecule has 0 spiro atoms. The topological polar surface area (TPSA) is 49.8 Å². The first-order valence-corrected chi connectivity index (χ1v) is 5.89. The number of rotatable bonds is 2. The Hall–Kier alpha value is -0.770. The number of hydrogen-bond acceptors (Lipinski definition) is 3. The molecule has 2 fully saturated rings. The normalized spacial score (nSPS) is 29.0. The van der Waals surface area contributed by atoms with Crippen LogP contribution < -0.4 is 0 Å². The molecule has 1 saturated carbocycles. The van der Waals surface area contributed by atoms with Crippen molar-refractivity contribution >= 4 is 6.09 Å². The predicted octanol–water partition coefficient (Wildman–Crippen LogP) is 1.52. The zero-order valence-electron chi connectivity index (χ0n) is 9.02. The lowest BCUT2D eigenvalue weighted by Gasteiger charge is -2.24. The van der Waals surface area contributed by atoms with Gasteiger partial charge in [0, 0.05) is 6.04 Å². The number of amides is 1. The molecule has 1 aliphatic heterocycles. The van der Waals surface area contributed by atoms with E-state index in [1.165, 1.54) is 25.7 Å². The molecular formula is C11H19NO3. The Morgan fingerprint density at radius 2 is 1.93 bits per heavy atom. The van der Waals surface area contributed by atoms with E-state index in [1.54, 1.807) is 0 Å². The second-order valence-corrected chi connectivity index (χ2v) is 4.49. The van der Waals surface area contributed by atoms with E-state index in [0.717, 1.165) is 12.8 Å². The standard InChI is InChI=1S/C11H19NO3/c13-8-10-7-12(11(14)15-10)9-5-3-1-2-4-6-9/h9-10,13H,1-8H2/t10-/m0/s1. The number of cyclic esters (lactones) is 1. The number of carbonyl (C=O) groups excluding carboxylic acids is 1. The summed E-state index contributed by atoms with van der Waals surface area (Å²) < 4.78 is 5.05. The summed E-state index contributed by atoms with van der Waals surface area (Å²) in [7, 11) is 0. The molecule has 1 aliphatic carbocycles. The van der Waals surface area contributed by atoms with Gasteiger partial charge in [-0.1, -0.05) is 25.7 Å². The van der Waals surface area contributed by atoms with Crippen molar-refractivity contribution < 1.29 is 14.6 Å². The van der Waals surface area contributed by atoms with Gasteiger partial charge in [-0.25, -0.2) is 4.79 Å². The van der Waals surface area contributed by atoms with Gasteiger partial charge in [0.1, 0.15) is 6.10 Å². The number of nitrogens with zero attached hydrogens (tertiary/aromatic N) is 1. The number of carbonyl (C=O) groups is 1. The molecule has 1 atom stereocenters. The molecule has 1 N–H and O–H groups in total. The largest absolute Gasteiger partial charge is 0.442 e. The molecule has 4 heteroatoms. The quantitative estimate of drug-likeness (QED) is 0.707. The maximum absolute atomic E-state index is 11.5. The van der Waals surface area contributed by atoms with Crippen LogP contribution >= 0.6 is 0 Å². The summed E-state index contributed by atoms with van der Waals surface area (Å²) in [5.41, 5.74) is 0. The molecule has 2 rings (SSSR count). The Labute approximate surface area is 90.2 Å². The Kier molecular flexibility index (Phi) is 3.46. The molecule has 1 heterocycles. The fourth-order valence-corrected chi connectivity index (χ4v) is 2.50. The fraction of sp³-hybridized carbons (Fsp3) is 0.909. The highest BCUT2D eigenvalue weighted by atomic mass is 16.6. The summed E-state index contributed by atoms with van der Waals surface area (Å²) >= 11 is 0. The van der Waals surface area contributed by atoms with Crippen molar-refractivity contribution in [3.8, 4) is 0 Å². The van der Waals surface area contributed by atoms with E-state index in [-0.39, 0.29) is 18.8 Å². The van der Waals surface area contributed by atoms with Crippen LogP contribution in [0.25, 0.3) is 0 Å². The van der Waals surface area contributed by atoms with Crippen molar-refractivity contribution in [2.24, 2.45) is 0 Å². The zero-order valence-corrected chi connectivity index (χ0v) is 9.02. The van der Waals surface area contributed by atoms with Crippen LogP contribution in [0.15, 0.2) is 0 Å². The molecule has 2 aliphatic rings. The maximum Gasteiger partial charge on any atom is 0.410 e. The predicted molar refractivity (Wildman–Crippen MR) is 55.6 cm³/mol. The second kappa shape index (κ2) is 4.84. The van der Waals surface area contributed by atoms with Crippen molar-refractivity contribution in [2.45, 2.75) is 50.7 Å². The minimum Gasteiger partial charge on any atom is -0.442 e. The van der Waals surface area contributed by atoms with Gasteiger partial charge in [0.05, 0.1) is 13.2 Å². The van der Waals surface area contributed by atoms with Crippen molar-refractivity contribution in [3.63, 3.8) is 0 Å². The third-order valence-electron chi connectivity index (χ3n) is 3.37. The number of ether oxygens (including phenoxy) is 1. The molecule has 0 bridgehead atoms. The lowest BCUT2D eigenvalue weighted by Crippen LogP contribution is -2.36. The first kappa shape index (κ1) is 10.7. The van der Waals surface area contributed by atoms with Crippen LogP contribution in [0.1, 0.15) is 38.5 Å². The molecule has 0 aromatic carbocycles. The van der Waals surface area contributed by atoms with E-state index in [4.69, 9.17) is 9.84 Å². The number of aliphatic hydroxyl groups is 1. The summed E-state index contributed by atoms with van der Waals surface area (Å²) in [5, 5.41) is 8.95. The van der Waals surface area contributed by atoms with Crippen LogP contribution in [0.4, 0.5) is 4.79 Å². The van der Waals surface area contributed by atoms with E-state index in [9.17, 15) is 4.79 Å². The summed E-state index contributed by atoms with van der Waals surface area (Å²) in [6.07, 6.45) is 6.62. The maximum atomic E-state index is 11.5. The summed E-state index contributed by atoms with van der Waals surface area (Å²) in [6.45, 7) is 0.509. The number of hydrogen-bond donors (Lipinski definition) is 1. The highest BCUT2D eigenvalue weighted by molar-refractivity contribution is 5.70. The van der Waals surface area contributed by atoms with Crippen LogP contribution in [-0.4, -0.2) is 41.4 Å². The summed E-state index contributed by atoms with van der Waals surface area (Å²) in [5.74, 6) is 0. The summed E-state index contributed by atoms with van der Waals surface area (Å²) in [6, 6.07) is 0.344. The van der Waals surface area contributed by atoms with Crippen molar-refractivity contribution in [1.29, 1.82) is 0 Å². The molecular weight excluding hydrogens is 194 g/mol. The summed E-state index contributed by atoms with van der Waals surface area (Å²) in [4.78, 5) is 13.4. The average molecular weight is 213 g/mol. The highest BCUT2D eigenvalue weighted by Crippen LogP contribution is 2.25. The van der Waals surface area contributed by atoms with Gasteiger partial charge in [-0.3, -0.25) is 0 Å². The van der Waals surface area contributed by atoms with Gasteiger partial charge in [-0.15, -0.1) is 0 Å². The fourth-order valence-electron chi connectivity index (χ4n) is 2.50. The lowest BCUT2D eigenvalue weighted by molar-refractivity contribution is 0.0938. The Morgan fingerprint density at radius 1 is 1.27 bits per heavy atom. The lowest BCUT2D eigenvalue weighted by atomic mass is 10.1. The smallest absolute Gasteiger partial charge is 0.410 e. The van der Waals surface area contributed by atoms with E-state index >= 15 is 0 Å². The van der Waals surface area contributed by atoms with Crippen molar-refractivity contribution in [3.05, 3.63) is 0 Å². The second-order valence-electron chi connectivity index (χ2n) is 4.49. The molecule has 0 radical (unpaired) electrons. The Morgan fingerprint density at radius 3 is 2.47 bits per heavy atom. The monoisotopic (exact) mass is 213 g/mol. The molecule has 15 heavy (non-hydrogen) atoms. The first-order chi connectivity index (χ1) is 7.31. The van der Waals surface area contributed by atoms with E-state index < -0.39 is 0 Å². The van der Waals surface area contributed by atoms with Gasteiger partial charge in [0.25, 0.3) is 0 Å². The van der Waals surface area contributed by atoms with Crippen LogP contribution in [-0.2, 0) is 4.74 Å². The molecule has 0 aromatic heterocycles. The number of aliphatic hydroxyl groups excluding tert-OH is 1. The molecule has 0 aromatic rings. The first-order valence-electron chi connectivity index (χ1n) is 5.89. The van der Waals surface area contributed by atoms with Crippen molar-refractivity contribution in [2.75, 3.05) is 13.2 Å². The van der Waals surface area contributed by atoms with E-state index in [2.05, 4.69) is 0 Å². The Balaban J connectivity index is 1.94. The molecule has 1 saturated heterocycles. The van der Waals surface area contributed by atoms with Gasteiger partial charge in [0.15, 0.2) is 0 Å². The van der Waals surface area contributed by atoms with Crippen LogP contribution in [0.2, 0.25) is 0 Å². The molecule has 4 nitrogen and oxygen atoms in total. The van der Waals surface area contributed by atoms with Gasteiger partial charge >= 0.3 is 6.09 Å². The van der Waals surface area contributed by atoms with Gasteiger partial charge in [-0.05, 0) is 12.8 Å². The van der Waals surface area contributed by atoms with E-state index in [0.29, 0.717) is 12.6 Å². The minimum absolute atomic E-state index is 0.0606. The molecule has 0 unspecified atom stereocenters. The van der Waals surface area contributed by atoms with Gasteiger partial charge in [0.2, 0.25) is 0 Å². The molecule has 1 amide bonds. The highest BCUT2D eigenvalue weighted by Gasteiger charge is 2.35. The van der Waals surface area contributed by atoms with Crippen LogP contribution in [0, 0.1) is 0 Å². The SMILES string of the molecule is O=C1O[C@H](CO)CN1C1CCCCCC1. The minimum atomic E-state index is -0.305. The Bertz CT molecular complexity index is 224. The van der Waals surface area contributed by atoms with Crippen LogP contribution in [0.3, 0.4) is 0 Å². The van der Waals surface area contributed by atoms with E-state index in [1.807, 2.05) is 4.90 Å². The van der Waals surface area contributed by atoms with Crippen molar-refractivity contribution in [1.82, 2.24) is 4.90 Å². The van der Waals surface area contributed by atoms with Gasteiger partial charge in [-0.2, -0.15) is 0 Å². The van der Waals surface area contributed by atoms with Crippen LogP contribution in [0.5, 0.6) is 0 Å². The third-order valence-corrected chi connectivity index (χ3v) is 3.37. The van der Waals surface area contributed by atoms with Gasteiger partial charge < -0.3 is 14.7 Å².